The van der Waals surface area contributed by atoms with E-state index < -0.39 is 0 Å². The van der Waals surface area contributed by atoms with Crippen molar-refractivity contribution in [3.8, 4) is 10.6 Å². The molecule has 0 aliphatic carbocycles. The minimum Gasteiger partial charge on any atom is -0.297 e. The highest BCUT2D eigenvalue weighted by atomic mass is 79.9. The van der Waals surface area contributed by atoms with Gasteiger partial charge in [-0.1, -0.05) is 17.7 Å². The zero-order valence-electron chi connectivity index (χ0n) is 7.41. The van der Waals surface area contributed by atoms with Crippen molar-refractivity contribution >= 4 is 45.2 Å². The molecule has 0 spiro atoms. The summed E-state index contributed by atoms with van der Waals surface area (Å²) in [6.45, 7) is 0. The first-order valence-corrected chi connectivity index (χ1v) is 6.06. The van der Waals surface area contributed by atoms with Crippen LogP contribution in [0.1, 0.15) is 9.67 Å². The third-order valence-corrected chi connectivity index (χ3v) is 3.99. The molecule has 0 aliphatic heterocycles. The summed E-state index contributed by atoms with van der Waals surface area (Å²) in [4.78, 5) is 15.3. The third kappa shape index (κ3) is 2.27. The number of hydrogen-bond donors (Lipinski definition) is 0. The van der Waals surface area contributed by atoms with Crippen molar-refractivity contribution in [3.05, 3.63) is 38.8 Å². The van der Waals surface area contributed by atoms with Crippen molar-refractivity contribution in [1.82, 2.24) is 4.98 Å². The van der Waals surface area contributed by atoms with Gasteiger partial charge in [0.15, 0.2) is 6.29 Å². The topological polar surface area (TPSA) is 30.0 Å². The van der Waals surface area contributed by atoms with Crippen molar-refractivity contribution in [2.45, 2.75) is 0 Å². The fourth-order valence-electron chi connectivity index (χ4n) is 1.10. The Morgan fingerprint density at radius 2 is 2.27 bits per heavy atom. The highest BCUT2D eigenvalue weighted by Gasteiger charge is 2.06. The van der Waals surface area contributed by atoms with E-state index in [1.54, 1.807) is 12.3 Å². The van der Waals surface area contributed by atoms with Crippen LogP contribution in [0.4, 0.5) is 0 Å². The van der Waals surface area contributed by atoms with Crippen LogP contribution in [0, 0.1) is 0 Å². The largest absolute Gasteiger partial charge is 0.297 e. The second-order valence-electron chi connectivity index (χ2n) is 2.81. The molecule has 76 valence electrons. The number of thiazole rings is 1. The molecule has 2 aromatic rings. The fourth-order valence-corrected chi connectivity index (χ4v) is 2.33. The Hall–Kier alpha value is -0.710. The molecule has 1 aromatic carbocycles. The lowest BCUT2D eigenvalue weighted by molar-refractivity contribution is 0.112. The number of carbonyl (C=O) groups excluding carboxylic acids is 1. The van der Waals surface area contributed by atoms with E-state index >= 15 is 0 Å². The van der Waals surface area contributed by atoms with Crippen molar-refractivity contribution in [2.24, 2.45) is 0 Å². The lowest BCUT2D eigenvalue weighted by Crippen LogP contribution is -1.76. The normalized spacial score (nSPS) is 10.3. The van der Waals surface area contributed by atoms with Gasteiger partial charge in [-0.25, -0.2) is 4.98 Å². The molecule has 1 aromatic heterocycles. The molecule has 0 fully saturated rings. The van der Waals surface area contributed by atoms with Gasteiger partial charge in [0.05, 0.1) is 9.90 Å². The van der Waals surface area contributed by atoms with E-state index in [1.165, 1.54) is 11.3 Å². The first kappa shape index (κ1) is 10.8. The third-order valence-electron chi connectivity index (χ3n) is 1.81. The van der Waals surface area contributed by atoms with E-state index in [0.29, 0.717) is 9.90 Å². The number of aromatic nitrogens is 1. The van der Waals surface area contributed by atoms with Crippen LogP contribution in [0.2, 0.25) is 5.02 Å². The first-order chi connectivity index (χ1) is 7.20. The van der Waals surface area contributed by atoms with Crippen LogP contribution < -0.4 is 0 Å². The maximum atomic E-state index is 10.5. The van der Waals surface area contributed by atoms with Crippen LogP contribution in [-0.4, -0.2) is 11.3 Å². The monoisotopic (exact) mass is 301 g/mol. The van der Waals surface area contributed by atoms with E-state index in [2.05, 4.69) is 20.9 Å². The van der Waals surface area contributed by atoms with E-state index in [-0.39, 0.29) is 0 Å². The number of carbonyl (C=O) groups is 1. The molecule has 0 saturated carbocycles. The molecule has 0 amide bonds. The standard InChI is InChI=1S/C10H5BrClNOS/c11-8-3-6(1-2-9(8)12)10-13-4-7(5-14)15-10/h1-5H. The molecular formula is C10H5BrClNOS. The SMILES string of the molecule is O=Cc1cnc(-c2ccc(Cl)c(Br)c2)s1. The zero-order chi connectivity index (χ0) is 10.8. The highest BCUT2D eigenvalue weighted by molar-refractivity contribution is 9.10. The lowest BCUT2D eigenvalue weighted by Gasteiger charge is -1.98. The van der Waals surface area contributed by atoms with Crippen LogP contribution in [-0.2, 0) is 0 Å². The molecule has 0 unspecified atom stereocenters. The van der Waals surface area contributed by atoms with Gasteiger partial charge in [-0.3, -0.25) is 4.79 Å². The maximum absolute atomic E-state index is 10.5. The molecule has 0 radical (unpaired) electrons. The van der Waals surface area contributed by atoms with E-state index in [9.17, 15) is 4.79 Å². The summed E-state index contributed by atoms with van der Waals surface area (Å²) in [6.07, 6.45) is 2.36. The molecule has 15 heavy (non-hydrogen) atoms. The van der Waals surface area contributed by atoms with Gasteiger partial charge in [0.25, 0.3) is 0 Å². The van der Waals surface area contributed by atoms with Gasteiger partial charge in [-0.05, 0) is 28.1 Å². The first-order valence-electron chi connectivity index (χ1n) is 4.07. The average Bonchev–Trinajstić information content (AvgIpc) is 2.70. The Morgan fingerprint density at radius 1 is 1.47 bits per heavy atom. The highest BCUT2D eigenvalue weighted by Crippen LogP contribution is 2.30. The molecule has 0 aliphatic rings. The summed E-state index contributed by atoms with van der Waals surface area (Å²) in [5.74, 6) is 0. The Balaban J connectivity index is 2.44. The molecule has 1 heterocycles. The molecule has 2 nitrogen and oxygen atoms in total. The lowest BCUT2D eigenvalue weighted by atomic mass is 10.2. The summed E-state index contributed by atoms with van der Waals surface area (Å²) in [5.41, 5.74) is 0.948. The van der Waals surface area contributed by atoms with E-state index in [0.717, 1.165) is 21.3 Å². The summed E-state index contributed by atoms with van der Waals surface area (Å²) in [7, 11) is 0. The Bertz CT molecular complexity index is 512. The summed E-state index contributed by atoms with van der Waals surface area (Å²) < 4.78 is 0.824. The minimum atomic E-state index is 0.621. The molecule has 0 bridgehead atoms. The van der Waals surface area contributed by atoms with Crippen LogP contribution >= 0.6 is 38.9 Å². The Kier molecular flexibility index (Phi) is 3.19. The Morgan fingerprint density at radius 3 is 2.87 bits per heavy atom. The number of hydrogen-bond acceptors (Lipinski definition) is 3. The second-order valence-corrected chi connectivity index (χ2v) is 5.14. The summed E-state index contributed by atoms with van der Waals surface area (Å²) >= 11 is 10.6. The van der Waals surface area contributed by atoms with Gasteiger partial charge in [0, 0.05) is 16.2 Å². The second kappa shape index (κ2) is 4.43. The molecule has 2 rings (SSSR count). The maximum Gasteiger partial charge on any atom is 0.161 e. The van der Waals surface area contributed by atoms with Crippen LogP contribution in [0.15, 0.2) is 28.9 Å². The number of aldehydes is 1. The van der Waals surface area contributed by atoms with Gasteiger partial charge in [0.1, 0.15) is 5.01 Å². The van der Waals surface area contributed by atoms with Gasteiger partial charge < -0.3 is 0 Å². The van der Waals surface area contributed by atoms with Gasteiger partial charge in [-0.2, -0.15) is 0 Å². The molecule has 5 heteroatoms. The molecule has 0 N–H and O–H groups in total. The molecular weight excluding hydrogens is 298 g/mol. The van der Waals surface area contributed by atoms with Crippen molar-refractivity contribution in [1.29, 1.82) is 0 Å². The molecule has 0 atom stereocenters. The fraction of sp³-hybridized carbons (Fsp3) is 0. The summed E-state index contributed by atoms with van der Waals surface area (Å²) in [6, 6.07) is 5.55. The van der Waals surface area contributed by atoms with E-state index in [4.69, 9.17) is 11.6 Å². The van der Waals surface area contributed by atoms with Crippen LogP contribution in [0.3, 0.4) is 0 Å². The number of benzene rings is 1. The zero-order valence-corrected chi connectivity index (χ0v) is 10.6. The number of rotatable bonds is 2. The van der Waals surface area contributed by atoms with Crippen molar-refractivity contribution in [2.75, 3.05) is 0 Å². The van der Waals surface area contributed by atoms with Crippen molar-refractivity contribution < 1.29 is 4.79 Å². The van der Waals surface area contributed by atoms with Crippen LogP contribution in [0.5, 0.6) is 0 Å². The predicted octanol–water partition coefficient (Wildman–Crippen LogP) is 4.04. The van der Waals surface area contributed by atoms with E-state index in [1.807, 2.05) is 12.1 Å². The number of halogens is 2. The van der Waals surface area contributed by atoms with Crippen LogP contribution in [0.25, 0.3) is 10.6 Å². The predicted molar refractivity (Wildman–Crippen MR) is 65.6 cm³/mol. The average molecular weight is 303 g/mol. The minimum absolute atomic E-state index is 0.621. The molecule has 0 saturated heterocycles. The quantitative estimate of drug-likeness (QED) is 0.784. The van der Waals surface area contributed by atoms with Gasteiger partial charge >= 0.3 is 0 Å². The number of nitrogens with zero attached hydrogens (tertiary/aromatic N) is 1. The Labute approximate surface area is 104 Å². The van der Waals surface area contributed by atoms with Gasteiger partial charge in [0.2, 0.25) is 0 Å². The summed E-state index contributed by atoms with van der Waals surface area (Å²) in [5, 5.41) is 1.47. The smallest absolute Gasteiger partial charge is 0.161 e. The van der Waals surface area contributed by atoms with Gasteiger partial charge in [-0.15, -0.1) is 11.3 Å². The van der Waals surface area contributed by atoms with Crippen molar-refractivity contribution in [3.63, 3.8) is 0 Å².